The second-order valence-electron chi connectivity index (χ2n) is 7.61. The predicted octanol–water partition coefficient (Wildman–Crippen LogP) is 4.43. The third kappa shape index (κ3) is 2.56. The Morgan fingerprint density at radius 3 is 2.40 bits per heavy atom. The lowest BCUT2D eigenvalue weighted by atomic mass is 9.43. The third-order valence-electron chi connectivity index (χ3n) is 6.20. The van der Waals surface area contributed by atoms with Gasteiger partial charge in [-0.15, -0.1) is 0 Å². The van der Waals surface area contributed by atoms with Crippen molar-refractivity contribution in [3.8, 4) is 5.75 Å². The molecule has 2 aliphatic rings. The van der Waals surface area contributed by atoms with Gasteiger partial charge in [-0.05, 0) is 55.2 Å². The number of hydrogen-bond acceptors (Lipinski definition) is 5. The standard InChI is InChI=1S/C20H26N2O3/c1-4-16(24-3)17-21-18(25-22-17)20(12-19(13-20)10-5-11-19)14-6-8-15(23-2)9-7-14/h6-9,16H,4-5,10-13H2,1-3H3. The van der Waals surface area contributed by atoms with Crippen LogP contribution in [0.1, 0.15) is 68.8 Å². The molecular formula is C20H26N2O3. The fraction of sp³-hybridized carbons (Fsp3) is 0.600. The zero-order valence-corrected chi connectivity index (χ0v) is 15.2. The molecule has 1 atom stereocenters. The zero-order chi connectivity index (χ0) is 17.5. The first kappa shape index (κ1) is 16.6. The van der Waals surface area contributed by atoms with Gasteiger partial charge in [0.05, 0.1) is 12.5 Å². The largest absolute Gasteiger partial charge is 0.497 e. The number of aromatic nitrogens is 2. The quantitative estimate of drug-likeness (QED) is 0.777. The lowest BCUT2D eigenvalue weighted by molar-refractivity contribution is -0.0425. The van der Waals surface area contributed by atoms with Crippen LogP contribution in [0.2, 0.25) is 0 Å². The van der Waals surface area contributed by atoms with E-state index in [1.807, 2.05) is 12.1 Å². The molecule has 0 bridgehead atoms. The molecule has 4 rings (SSSR count). The summed E-state index contributed by atoms with van der Waals surface area (Å²) in [5.74, 6) is 2.26. The Morgan fingerprint density at radius 1 is 1.16 bits per heavy atom. The van der Waals surface area contributed by atoms with Crippen molar-refractivity contribution in [3.05, 3.63) is 41.5 Å². The molecule has 2 fully saturated rings. The van der Waals surface area contributed by atoms with Crippen LogP contribution in [-0.4, -0.2) is 24.4 Å². The minimum Gasteiger partial charge on any atom is -0.497 e. The maximum absolute atomic E-state index is 5.76. The van der Waals surface area contributed by atoms with E-state index in [4.69, 9.17) is 19.0 Å². The minimum atomic E-state index is -0.163. The monoisotopic (exact) mass is 342 g/mol. The molecule has 5 nitrogen and oxygen atoms in total. The van der Waals surface area contributed by atoms with Crippen LogP contribution >= 0.6 is 0 Å². The van der Waals surface area contributed by atoms with Crippen molar-refractivity contribution in [2.75, 3.05) is 14.2 Å². The van der Waals surface area contributed by atoms with Crippen molar-refractivity contribution in [2.24, 2.45) is 5.41 Å². The van der Waals surface area contributed by atoms with Crippen molar-refractivity contribution < 1.29 is 14.0 Å². The van der Waals surface area contributed by atoms with Crippen LogP contribution in [0.3, 0.4) is 0 Å². The van der Waals surface area contributed by atoms with Gasteiger partial charge in [0, 0.05) is 7.11 Å². The predicted molar refractivity (Wildman–Crippen MR) is 93.6 cm³/mol. The summed E-state index contributed by atoms with van der Waals surface area (Å²) in [6.07, 6.45) is 6.89. The van der Waals surface area contributed by atoms with Crippen LogP contribution < -0.4 is 4.74 Å². The number of benzene rings is 1. The molecule has 1 spiro atoms. The van der Waals surface area contributed by atoms with Crippen LogP contribution in [-0.2, 0) is 10.2 Å². The van der Waals surface area contributed by atoms with Crippen molar-refractivity contribution in [2.45, 2.75) is 57.0 Å². The summed E-state index contributed by atoms with van der Waals surface area (Å²) < 4.78 is 16.5. The van der Waals surface area contributed by atoms with Gasteiger partial charge in [-0.25, -0.2) is 0 Å². The molecule has 0 N–H and O–H groups in total. The second kappa shape index (κ2) is 6.13. The van der Waals surface area contributed by atoms with Gasteiger partial charge >= 0.3 is 0 Å². The molecule has 1 aromatic heterocycles. The van der Waals surface area contributed by atoms with Gasteiger partial charge in [-0.1, -0.05) is 30.6 Å². The molecule has 1 unspecified atom stereocenters. The van der Waals surface area contributed by atoms with Crippen LogP contribution in [0.5, 0.6) is 5.75 Å². The summed E-state index contributed by atoms with van der Waals surface area (Å²) >= 11 is 0. The Kier molecular flexibility index (Phi) is 4.07. The van der Waals surface area contributed by atoms with Crippen LogP contribution in [0.25, 0.3) is 0 Å². The molecule has 0 saturated heterocycles. The van der Waals surface area contributed by atoms with Crippen molar-refractivity contribution >= 4 is 0 Å². The van der Waals surface area contributed by atoms with Crippen molar-refractivity contribution in [1.82, 2.24) is 10.1 Å². The van der Waals surface area contributed by atoms with Crippen LogP contribution in [0.4, 0.5) is 0 Å². The van der Waals surface area contributed by atoms with E-state index in [1.165, 1.54) is 24.8 Å². The molecule has 1 aromatic carbocycles. The van der Waals surface area contributed by atoms with Gasteiger partial charge in [0.1, 0.15) is 11.9 Å². The smallest absolute Gasteiger partial charge is 0.237 e. The maximum atomic E-state index is 5.76. The Balaban J connectivity index is 1.69. The summed E-state index contributed by atoms with van der Waals surface area (Å²) in [7, 11) is 3.38. The van der Waals surface area contributed by atoms with E-state index in [0.717, 1.165) is 30.9 Å². The van der Waals surface area contributed by atoms with E-state index < -0.39 is 0 Å². The van der Waals surface area contributed by atoms with E-state index in [2.05, 4.69) is 24.2 Å². The average Bonchev–Trinajstić information content (AvgIpc) is 3.05. The third-order valence-corrected chi connectivity index (χ3v) is 6.20. The molecule has 2 saturated carbocycles. The highest BCUT2D eigenvalue weighted by Gasteiger charge is 2.61. The molecular weight excluding hydrogens is 316 g/mol. The van der Waals surface area contributed by atoms with E-state index in [0.29, 0.717) is 11.2 Å². The lowest BCUT2D eigenvalue weighted by Gasteiger charge is -2.59. The van der Waals surface area contributed by atoms with Gasteiger partial charge in [0.2, 0.25) is 11.7 Å². The Bertz CT molecular complexity index is 722. The molecule has 5 heteroatoms. The average molecular weight is 342 g/mol. The van der Waals surface area contributed by atoms with Gasteiger partial charge < -0.3 is 14.0 Å². The summed E-state index contributed by atoms with van der Waals surface area (Å²) in [6, 6.07) is 8.32. The molecule has 0 aliphatic heterocycles. The zero-order valence-electron chi connectivity index (χ0n) is 15.2. The molecule has 0 radical (unpaired) electrons. The SMILES string of the molecule is CCC(OC)c1noc(C2(c3ccc(OC)cc3)CC3(CCC3)C2)n1. The number of methoxy groups -OCH3 is 2. The molecule has 0 amide bonds. The van der Waals surface area contributed by atoms with Crippen molar-refractivity contribution in [3.63, 3.8) is 0 Å². The highest BCUT2D eigenvalue weighted by molar-refractivity contribution is 5.41. The Morgan fingerprint density at radius 2 is 1.88 bits per heavy atom. The van der Waals surface area contributed by atoms with Crippen LogP contribution in [0, 0.1) is 5.41 Å². The first-order valence-corrected chi connectivity index (χ1v) is 9.16. The number of nitrogens with zero attached hydrogens (tertiary/aromatic N) is 2. The number of ether oxygens (including phenoxy) is 2. The molecule has 134 valence electrons. The van der Waals surface area contributed by atoms with Gasteiger partial charge in [-0.2, -0.15) is 4.98 Å². The summed E-state index contributed by atoms with van der Waals surface area (Å²) in [5.41, 5.74) is 1.57. The second-order valence-corrected chi connectivity index (χ2v) is 7.61. The highest BCUT2D eigenvalue weighted by atomic mass is 16.5. The van der Waals surface area contributed by atoms with E-state index >= 15 is 0 Å². The first-order valence-electron chi connectivity index (χ1n) is 9.16. The maximum Gasteiger partial charge on any atom is 0.237 e. The summed E-state index contributed by atoms with van der Waals surface area (Å²) in [6.45, 7) is 2.07. The Hall–Kier alpha value is -1.88. The van der Waals surface area contributed by atoms with E-state index in [-0.39, 0.29) is 11.5 Å². The number of rotatable bonds is 6. The minimum absolute atomic E-state index is 0.108. The van der Waals surface area contributed by atoms with Crippen molar-refractivity contribution in [1.29, 1.82) is 0 Å². The molecule has 1 heterocycles. The number of hydrogen-bond donors (Lipinski definition) is 0. The lowest BCUT2D eigenvalue weighted by Crippen LogP contribution is -2.53. The topological polar surface area (TPSA) is 57.4 Å². The molecule has 2 aliphatic carbocycles. The summed E-state index contributed by atoms with van der Waals surface area (Å²) in [4.78, 5) is 4.76. The Labute approximate surface area is 148 Å². The van der Waals surface area contributed by atoms with Gasteiger partial charge in [-0.3, -0.25) is 0 Å². The fourth-order valence-electron chi connectivity index (χ4n) is 4.66. The normalized spacial score (nSPS) is 21.4. The highest BCUT2D eigenvalue weighted by Crippen LogP contribution is 2.66. The summed E-state index contributed by atoms with van der Waals surface area (Å²) in [5, 5.41) is 4.22. The molecule has 2 aromatic rings. The van der Waals surface area contributed by atoms with E-state index in [1.54, 1.807) is 14.2 Å². The van der Waals surface area contributed by atoms with E-state index in [9.17, 15) is 0 Å². The fourth-order valence-corrected chi connectivity index (χ4v) is 4.66. The van der Waals surface area contributed by atoms with Gasteiger partial charge in [0.15, 0.2) is 0 Å². The first-order chi connectivity index (χ1) is 12.1. The van der Waals surface area contributed by atoms with Gasteiger partial charge in [0.25, 0.3) is 0 Å². The molecule has 25 heavy (non-hydrogen) atoms. The van der Waals surface area contributed by atoms with Crippen LogP contribution in [0.15, 0.2) is 28.8 Å².